The standard InChI is InChI=1S/C11H20N4O6/c1-13-9(17)5-15(7-11(20)21)3-2-14(4-8(12)16)6-10(18)19/h2-7H2,1H3,(H2,12,16)(H,13,17)(H,18,19)(H,20,21). The van der Waals surface area contributed by atoms with Crippen LogP contribution in [0.5, 0.6) is 0 Å². The van der Waals surface area contributed by atoms with E-state index >= 15 is 0 Å². The molecule has 0 spiro atoms. The smallest absolute Gasteiger partial charge is 0.317 e. The molecular weight excluding hydrogens is 284 g/mol. The Morgan fingerprint density at radius 3 is 1.67 bits per heavy atom. The molecule has 0 rings (SSSR count). The molecule has 0 aromatic carbocycles. The largest absolute Gasteiger partial charge is 0.480 e. The summed E-state index contributed by atoms with van der Waals surface area (Å²) in [5.41, 5.74) is 5.01. The quantitative estimate of drug-likeness (QED) is 0.315. The Morgan fingerprint density at radius 1 is 0.905 bits per heavy atom. The van der Waals surface area contributed by atoms with E-state index < -0.39 is 24.4 Å². The molecule has 0 aliphatic carbocycles. The molecule has 5 N–H and O–H groups in total. The minimum atomic E-state index is -1.13. The van der Waals surface area contributed by atoms with Crippen molar-refractivity contribution in [2.45, 2.75) is 0 Å². The second-order valence-electron chi connectivity index (χ2n) is 4.35. The molecule has 120 valence electrons. The fourth-order valence-corrected chi connectivity index (χ4v) is 1.60. The first-order chi connectivity index (χ1) is 9.74. The summed E-state index contributed by atoms with van der Waals surface area (Å²) in [7, 11) is 1.42. The number of rotatable bonds is 11. The van der Waals surface area contributed by atoms with Gasteiger partial charge in [-0.05, 0) is 0 Å². The Hall–Kier alpha value is -2.20. The van der Waals surface area contributed by atoms with Gasteiger partial charge in [0.05, 0.1) is 26.2 Å². The number of hydrogen-bond donors (Lipinski definition) is 4. The normalized spacial score (nSPS) is 10.6. The van der Waals surface area contributed by atoms with E-state index in [0.29, 0.717) is 0 Å². The van der Waals surface area contributed by atoms with Crippen LogP contribution in [0.2, 0.25) is 0 Å². The average Bonchev–Trinajstić information content (AvgIpc) is 2.33. The third-order valence-corrected chi connectivity index (χ3v) is 2.48. The van der Waals surface area contributed by atoms with Gasteiger partial charge in [-0.3, -0.25) is 29.0 Å². The molecule has 2 amide bonds. The Kier molecular flexibility index (Phi) is 8.65. The van der Waals surface area contributed by atoms with Gasteiger partial charge in [-0.25, -0.2) is 0 Å². The number of carboxylic acid groups (broad SMARTS) is 2. The van der Waals surface area contributed by atoms with E-state index in [1.54, 1.807) is 0 Å². The van der Waals surface area contributed by atoms with Crippen molar-refractivity contribution in [1.29, 1.82) is 0 Å². The second kappa shape index (κ2) is 9.66. The van der Waals surface area contributed by atoms with E-state index in [4.69, 9.17) is 15.9 Å². The third kappa shape index (κ3) is 10.3. The Morgan fingerprint density at radius 2 is 1.33 bits per heavy atom. The Labute approximate surface area is 121 Å². The summed E-state index contributed by atoms with van der Waals surface area (Å²) in [4.78, 5) is 46.1. The lowest BCUT2D eigenvalue weighted by molar-refractivity contribution is -0.141. The van der Waals surface area contributed by atoms with E-state index in [9.17, 15) is 19.2 Å². The van der Waals surface area contributed by atoms with E-state index in [0.717, 1.165) is 0 Å². The summed E-state index contributed by atoms with van der Waals surface area (Å²) in [6, 6.07) is 0. The van der Waals surface area contributed by atoms with Gasteiger partial charge in [0, 0.05) is 20.1 Å². The van der Waals surface area contributed by atoms with Crippen molar-refractivity contribution < 1.29 is 29.4 Å². The first kappa shape index (κ1) is 18.8. The molecule has 0 heterocycles. The summed E-state index contributed by atoms with van der Waals surface area (Å²) in [6.45, 7) is -0.956. The zero-order valence-electron chi connectivity index (χ0n) is 11.7. The number of nitrogens with two attached hydrogens (primary N) is 1. The van der Waals surface area contributed by atoms with Crippen LogP contribution in [-0.4, -0.2) is 90.1 Å². The number of nitrogens with one attached hydrogen (secondary N) is 1. The van der Waals surface area contributed by atoms with Gasteiger partial charge in [-0.15, -0.1) is 0 Å². The van der Waals surface area contributed by atoms with Crippen LogP contribution in [0, 0.1) is 0 Å². The molecule has 0 aromatic heterocycles. The highest BCUT2D eigenvalue weighted by Crippen LogP contribution is 1.94. The number of carbonyl (C=O) groups excluding carboxylic acids is 2. The number of amides is 2. The predicted molar refractivity (Wildman–Crippen MR) is 71.4 cm³/mol. The Bertz CT molecular complexity index is 384. The van der Waals surface area contributed by atoms with Gasteiger partial charge in [0.25, 0.3) is 0 Å². The van der Waals surface area contributed by atoms with Gasteiger partial charge >= 0.3 is 11.9 Å². The fourth-order valence-electron chi connectivity index (χ4n) is 1.60. The molecule has 0 bridgehead atoms. The molecule has 0 aromatic rings. The molecule has 0 fully saturated rings. The van der Waals surface area contributed by atoms with Crippen molar-refractivity contribution in [1.82, 2.24) is 15.1 Å². The maximum atomic E-state index is 11.3. The van der Waals surface area contributed by atoms with Crippen molar-refractivity contribution in [2.75, 3.05) is 46.3 Å². The topological polar surface area (TPSA) is 153 Å². The summed E-state index contributed by atoms with van der Waals surface area (Å²) < 4.78 is 0. The molecule has 10 heteroatoms. The molecule has 0 atom stereocenters. The predicted octanol–water partition coefficient (Wildman–Crippen LogP) is -3.01. The number of nitrogens with zero attached hydrogens (tertiary/aromatic N) is 2. The number of likely N-dealkylation sites (N-methyl/N-ethyl adjacent to an activating group) is 1. The number of aliphatic carboxylic acids is 2. The monoisotopic (exact) mass is 304 g/mol. The van der Waals surface area contributed by atoms with Crippen LogP contribution in [0.3, 0.4) is 0 Å². The van der Waals surface area contributed by atoms with E-state index in [2.05, 4.69) is 5.32 Å². The highest BCUT2D eigenvalue weighted by molar-refractivity contribution is 5.79. The third-order valence-electron chi connectivity index (χ3n) is 2.48. The lowest BCUT2D eigenvalue weighted by Crippen LogP contribution is -2.45. The molecule has 0 radical (unpaired) electrons. The van der Waals surface area contributed by atoms with Crippen molar-refractivity contribution in [3.05, 3.63) is 0 Å². The minimum absolute atomic E-state index is 0.0967. The fraction of sp³-hybridized carbons (Fsp3) is 0.636. The van der Waals surface area contributed by atoms with Crippen LogP contribution in [0.1, 0.15) is 0 Å². The highest BCUT2D eigenvalue weighted by atomic mass is 16.4. The number of primary amides is 1. The SMILES string of the molecule is CNC(=O)CN(CCN(CC(N)=O)CC(=O)O)CC(=O)O. The van der Waals surface area contributed by atoms with Gasteiger partial charge in [-0.1, -0.05) is 0 Å². The summed E-state index contributed by atoms with van der Waals surface area (Å²) in [5, 5.41) is 19.9. The van der Waals surface area contributed by atoms with Crippen LogP contribution in [0.4, 0.5) is 0 Å². The summed E-state index contributed by atoms with van der Waals surface area (Å²) >= 11 is 0. The number of hydrogen-bond acceptors (Lipinski definition) is 6. The molecule has 0 aliphatic rings. The van der Waals surface area contributed by atoms with Crippen LogP contribution >= 0.6 is 0 Å². The van der Waals surface area contributed by atoms with Crippen LogP contribution in [0.25, 0.3) is 0 Å². The molecule has 0 saturated carbocycles. The van der Waals surface area contributed by atoms with Gasteiger partial charge in [0.15, 0.2) is 0 Å². The number of carbonyl (C=O) groups is 4. The zero-order valence-corrected chi connectivity index (χ0v) is 11.7. The summed E-state index contributed by atoms with van der Waals surface area (Å²) in [6.07, 6.45) is 0. The second-order valence-corrected chi connectivity index (χ2v) is 4.35. The minimum Gasteiger partial charge on any atom is -0.480 e. The average molecular weight is 304 g/mol. The summed E-state index contributed by atoms with van der Waals surface area (Å²) in [5.74, 6) is -3.30. The van der Waals surface area contributed by atoms with Gasteiger partial charge in [-0.2, -0.15) is 0 Å². The van der Waals surface area contributed by atoms with Crippen molar-refractivity contribution in [2.24, 2.45) is 5.73 Å². The maximum absolute atomic E-state index is 11.3. The van der Waals surface area contributed by atoms with Gasteiger partial charge in [0.1, 0.15) is 0 Å². The van der Waals surface area contributed by atoms with E-state index in [1.807, 2.05) is 0 Å². The molecule has 10 nitrogen and oxygen atoms in total. The molecule has 0 aliphatic heterocycles. The number of carboxylic acids is 2. The van der Waals surface area contributed by atoms with E-state index in [-0.39, 0.29) is 38.6 Å². The van der Waals surface area contributed by atoms with Crippen LogP contribution in [-0.2, 0) is 19.2 Å². The maximum Gasteiger partial charge on any atom is 0.317 e. The van der Waals surface area contributed by atoms with Gasteiger partial charge < -0.3 is 21.3 Å². The van der Waals surface area contributed by atoms with Gasteiger partial charge in [0.2, 0.25) is 11.8 Å². The first-order valence-corrected chi connectivity index (χ1v) is 6.11. The van der Waals surface area contributed by atoms with Crippen LogP contribution < -0.4 is 11.1 Å². The van der Waals surface area contributed by atoms with Crippen molar-refractivity contribution >= 4 is 23.8 Å². The van der Waals surface area contributed by atoms with E-state index in [1.165, 1.54) is 16.8 Å². The van der Waals surface area contributed by atoms with Crippen molar-refractivity contribution in [3.8, 4) is 0 Å². The lowest BCUT2D eigenvalue weighted by atomic mass is 10.3. The molecule has 0 unspecified atom stereocenters. The Balaban J connectivity index is 4.56. The zero-order chi connectivity index (χ0) is 16.4. The lowest BCUT2D eigenvalue weighted by Gasteiger charge is -2.24. The van der Waals surface area contributed by atoms with Crippen LogP contribution in [0.15, 0.2) is 0 Å². The first-order valence-electron chi connectivity index (χ1n) is 6.11. The molecule has 0 saturated heterocycles. The van der Waals surface area contributed by atoms with Crippen molar-refractivity contribution in [3.63, 3.8) is 0 Å². The molecule has 21 heavy (non-hydrogen) atoms. The molecular formula is C11H20N4O6. The highest BCUT2D eigenvalue weighted by Gasteiger charge is 2.17.